The molecule has 0 heterocycles. The number of halogens is 1. The van der Waals surface area contributed by atoms with E-state index >= 15 is 0 Å². The first kappa shape index (κ1) is 14.1. The van der Waals surface area contributed by atoms with Crippen molar-refractivity contribution in [2.45, 2.75) is 6.04 Å². The van der Waals surface area contributed by atoms with Crippen LogP contribution in [-0.2, 0) is 4.79 Å². The second-order valence-corrected chi connectivity index (χ2v) is 2.79. The number of nitrogens with two attached hydrogens (primary N) is 1. The maximum absolute atomic E-state index is 10.5. The van der Waals surface area contributed by atoms with Crippen LogP contribution in [0.25, 0.3) is 0 Å². The SMILES string of the molecule is CNC(=O)SCC(N)C(=O)O.Cl. The Morgan fingerprint density at radius 2 is 2.17 bits per heavy atom. The van der Waals surface area contributed by atoms with Crippen LogP contribution in [0.1, 0.15) is 0 Å². The summed E-state index contributed by atoms with van der Waals surface area (Å²) in [6.45, 7) is 0. The lowest BCUT2D eigenvalue weighted by atomic mass is 10.4. The van der Waals surface area contributed by atoms with E-state index < -0.39 is 12.0 Å². The van der Waals surface area contributed by atoms with Gasteiger partial charge in [-0.15, -0.1) is 12.4 Å². The Kier molecular flexibility index (Phi) is 8.46. The van der Waals surface area contributed by atoms with Gasteiger partial charge in [0.15, 0.2) is 0 Å². The first-order valence-corrected chi connectivity index (χ1v) is 3.89. The van der Waals surface area contributed by atoms with Crippen molar-refractivity contribution in [3.8, 4) is 0 Å². The van der Waals surface area contributed by atoms with Gasteiger partial charge in [0.05, 0.1) is 0 Å². The summed E-state index contributed by atoms with van der Waals surface area (Å²) in [4.78, 5) is 20.7. The Morgan fingerprint density at radius 3 is 2.50 bits per heavy atom. The molecule has 0 saturated heterocycles. The number of hydrogen-bond donors (Lipinski definition) is 3. The minimum absolute atomic E-state index is 0. The van der Waals surface area contributed by atoms with Gasteiger partial charge in [0.25, 0.3) is 5.24 Å². The van der Waals surface area contributed by atoms with Gasteiger partial charge in [-0.3, -0.25) is 9.59 Å². The third-order valence-electron chi connectivity index (χ3n) is 0.915. The topological polar surface area (TPSA) is 92.4 Å². The molecule has 0 spiro atoms. The molecule has 7 heteroatoms. The smallest absolute Gasteiger partial charge is 0.321 e. The Balaban J connectivity index is 0. The Labute approximate surface area is 80.5 Å². The predicted molar refractivity (Wildman–Crippen MR) is 49.8 cm³/mol. The standard InChI is InChI=1S/C5H10N2O3S.ClH/c1-7-5(10)11-2-3(6)4(8)9;/h3H,2,6H2,1H3,(H,7,10)(H,8,9);1H. The molecular weight excluding hydrogens is 204 g/mol. The van der Waals surface area contributed by atoms with Crippen LogP contribution < -0.4 is 11.1 Å². The highest BCUT2D eigenvalue weighted by Gasteiger charge is 2.12. The molecule has 0 aromatic carbocycles. The van der Waals surface area contributed by atoms with Crippen LogP contribution >= 0.6 is 24.2 Å². The summed E-state index contributed by atoms with van der Waals surface area (Å²) in [6, 6.07) is -0.975. The monoisotopic (exact) mass is 214 g/mol. The molecule has 0 aromatic heterocycles. The molecule has 1 unspecified atom stereocenters. The summed E-state index contributed by atoms with van der Waals surface area (Å²) in [5.41, 5.74) is 5.12. The molecule has 0 aliphatic carbocycles. The van der Waals surface area contributed by atoms with Crippen LogP contribution in [0, 0.1) is 0 Å². The molecule has 0 saturated carbocycles. The summed E-state index contributed by atoms with van der Waals surface area (Å²) in [7, 11) is 1.47. The maximum atomic E-state index is 10.5. The summed E-state index contributed by atoms with van der Waals surface area (Å²) in [5.74, 6) is -1.00. The van der Waals surface area contributed by atoms with Crippen molar-refractivity contribution >= 4 is 35.4 Å². The normalized spacial score (nSPS) is 11.2. The van der Waals surface area contributed by atoms with E-state index in [4.69, 9.17) is 10.8 Å². The van der Waals surface area contributed by atoms with Crippen LogP contribution in [0.2, 0.25) is 0 Å². The third-order valence-corrected chi connectivity index (χ3v) is 1.91. The van der Waals surface area contributed by atoms with Crippen molar-refractivity contribution in [3.63, 3.8) is 0 Å². The van der Waals surface area contributed by atoms with Crippen molar-refractivity contribution in [1.29, 1.82) is 0 Å². The van der Waals surface area contributed by atoms with Crippen LogP contribution in [0.3, 0.4) is 0 Å². The van der Waals surface area contributed by atoms with Crippen molar-refractivity contribution < 1.29 is 14.7 Å². The first-order valence-electron chi connectivity index (χ1n) is 2.90. The molecule has 0 rings (SSSR count). The van der Waals surface area contributed by atoms with E-state index in [0.717, 1.165) is 11.8 Å². The van der Waals surface area contributed by atoms with E-state index in [1.807, 2.05) is 0 Å². The van der Waals surface area contributed by atoms with Gasteiger partial charge >= 0.3 is 5.97 Å². The number of hydrogen-bond acceptors (Lipinski definition) is 4. The van der Waals surface area contributed by atoms with Crippen LogP contribution in [0.4, 0.5) is 4.79 Å². The fraction of sp³-hybridized carbons (Fsp3) is 0.600. The van der Waals surface area contributed by atoms with Crippen LogP contribution in [-0.4, -0.2) is 35.2 Å². The summed E-state index contributed by atoms with van der Waals surface area (Å²) >= 11 is 0.857. The van der Waals surface area contributed by atoms with E-state index in [-0.39, 0.29) is 23.4 Å². The molecule has 72 valence electrons. The van der Waals surface area contributed by atoms with Crippen molar-refractivity contribution in [2.24, 2.45) is 5.73 Å². The minimum Gasteiger partial charge on any atom is -0.480 e. The second kappa shape index (κ2) is 7.20. The van der Waals surface area contributed by atoms with Crippen LogP contribution in [0.15, 0.2) is 0 Å². The molecule has 0 aliphatic heterocycles. The molecule has 4 N–H and O–H groups in total. The molecule has 12 heavy (non-hydrogen) atoms. The van der Waals surface area contributed by atoms with Gasteiger partial charge in [-0.25, -0.2) is 0 Å². The van der Waals surface area contributed by atoms with Crippen molar-refractivity contribution in [3.05, 3.63) is 0 Å². The van der Waals surface area contributed by atoms with E-state index in [9.17, 15) is 9.59 Å². The molecular formula is C5H11ClN2O3S. The summed E-state index contributed by atoms with van der Waals surface area (Å²) in [5, 5.41) is 10.4. The number of nitrogens with one attached hydrogen (secondary N) is 1. The van der Waals surface area contributed by atoms with Gasteiger partial charge in [0.1, 0.15) is 6.04 Å². The highest BCUT2D eigenvalue weighted by Crippen LogP contribution is 2.01. The molecule has 0 radical (unpaired) electrons. The summed E-state index contributed by atoms with van der Waals surface area (Å²) < 4.78 is 0. The number of thioether (sulfide) groups is 1. The highest BCUT2D eigenvalue weighted by atomic mass is 35.5. The average Bonchev–Trinajstić information content (AvgIpc) is 1.99. The number of carboxylic acids is 1. The largest absolute Gasteiger partial charge is 0.480 e. The fourth-order valence-corrected chi connectivity index (χ4v) is 0.927. The minimum atomic E-state index is -1.10. The average molecular weight is 215 g/mol. The lowest BCUT2D eigenvalue weighted by Crippen LogP contribution is -2.33. The zero-order valence-electron chi connectivity index (χ0n) is 6.44. The number of aliphatic carboxylic acids is 1. The summed E-state index contributed by atoms with van der Waals surface area (Å²) in [6.07, 6.45) is 0. The Hall–Kier alpha value is -0.460. The molecule has 0 bridgehead atoms. The number of amides is 1. The molecule has 5 nitrogen and oxygen atoms in total. The number of rotatable bonds is 3. The molecule has 0 aromatic rings. The highest BCUT2D eigenvalue weighted by molar-refractivity contribution is 8.13. The van der Waals surface area contributed by atoms with Gasteiger partial charge < -0.3 is 16.2 Å². The third kappa shape index (κ3) is 6.26. The predicted octanol–water partition coefficient (Wildman–Crippen LogP) is -0.107. The van der Waals surface area contributed by atoms with Gasteiger partial charge in [0.2, 0.25) is 0 Å². The van der Waals surface area contributed by atoms with E-state index in [2.05, 4.69) is 5.32 Å². The lowest BCUT2D eigenvalue weighted by molar-refractivity contribution is -0.137. The van der Waals surface area contributed by atoms with Crippen LogP contribution in [0.5, 0.6) is 0 Å². The van der Waals surface area contributed by atoms with E-state index in [1.54, 1.807) is 0 Å². The molecule has 1 atom stereocenters. The fourth-order valence-electron chi connectivity index (χ4n) is 0.309. The number of carboxylic acid groups (broad SMARTS) is 1. The van der Waals surface area contributed by atoms with Gasteiger partial charge in [0, 0.05) is 12.8 Å². The molecule has 0 fully saturated rings. The maximum Gasteiger partial charge on any atom is 0.321 e. The molecule has 0 aliphatic rings. The quantitative estimate of drug-likeness (QED) is 0.610. The van der Waals surface area contributed by atoms with Gasteiger partial charge in [-0.05, 0) is 0 Å². The zero-order valence-corrected chi connectivity index (χ0v) is 8.08. The van der Waals surface area contributed by atoms with Crippen molar-refractivity contribution in [2.75, 3.05) is 12.8 Å². The van der Waals surface area contributed by atoms with Gasteiger partial charge in [-0.2, -0.15) is 0 Å². The van der Waals surface area contributed by atoms with E-state index in [0.29, 0.717) is 0 Å². The van der Waals surface area contributed by atoms with Gasteiger partial charge in [-0.1, -0.05) is 11.8 Å². The molecule has 1 amide bonds. The van der Waals surface area contributed by atoms with Crippen molar-refractivity contribution in [1.82, 2.24) is 5.32 Å². The zero-order chi connectivity index (χ0) is 8.85. The first-order chi connectivity index (χ1) is 5.07. The second-order valence-electron chi connectivity index (χ2n) is 1.79. The number of carbonyl (C=O) groups is 2. The lowest BCUT2D eigenvalue weighted by Gasteiger charge is -2.03. The Bertz CT molecular complexity index is 167. The Morgan fingerprint density at radius 1 is 1.67 bits per heavy atom. The number of carbonyl (C=O) groups excluding carboxylic acids is 1. The van der Waals surface area contributed by atoms with E-state index in [1.165, 1.54) is 7.05 Å².